The zero-order valence-electron chi connectivity index (χ0n) is 11.6. The van der Waals surface area contributed by atoms with Crippen molar-refractivity contribution in [3.8, 4) is 0 Å². The highest BCUT2D eigenvalue weighted by molar-refractivity contribution is 7.90. The lowest BCUT2D eigenvalue weighted by Gasteiger charge is -2.14. The lowest BCUT2D eigenvalue weighted by atomic mass is 10.1. The fourth-order valence-corrected chi connectivity index (χ4v) is 2.64. The van der Waals surface area contributed by atoms with Crippen molar-refractivity contribution in [3.05, 3.63) is 53.6 Å². The van der Waals surface area contributed by atoms with E-state index in [1.165, 1.54) is 12.1 Å². The normalized spacial score (nSPS) is 12.9. The molecule has 7 heteroatoms. The SMILES string of the molecule is C[C@H](NC(=O)c1ccc[nH]1)c1ccc(S(C)(=O)=O)c(F)c1. The Kier molecular flexibility index (Phi) is 4.13. The first-order valence-electron chi connectivity index (χ1n) is 6.23. The number of rotatable bonds is 4. The molecule has 0 unspecified atom stereocenters. The number of hydrogen-bond donors (Lipinski definition) is 2. The Balaban J connectivity index is 2.19. The summed E-state index contributed by atoms with van der Waals surface area (Å²) >= 11 is 0. The van der Waals surface area contributed by atoms with Gasteiger partial charge in [-0.15, -0.1) is 0 Å². The molecule has 0 aliphatic rings. The van der Waals surface area contributed by atoms with Crippen LogP contribution in [0.3, 0.4) is 0 Å². The maximum Gasteiger partial charge on any atom is 0.268 e. The summed E-state index contributed by atoms with van der Waals surface area (Å²) in [6.45, 7) is 1.69. The number of amides is 1. The van der Waals surface area contributed by atoms with Crippen LogP contribution in [0.4, 0.5) is 4.39 Å². The molecule has 2 N–H and O–H groups in total. The number of aromatic nitrogens is 1. The van der Waals surface area contributed by atoms with Crippen molar-refractivity contribution in [1.29, 1.82) is 0 Å². The number of sulfone groups is 1. The summed E-state index contributed by atoms with van der Waals surface area (Å²) in [7, 11) is -3.60. The van der Waals surface area contributed by atoms with Gasteiger partial charge in [-0.2, -0.15) is 0 Å². The lowest BCUT2D eigenvalue weighted by molar-refractivity contribution is 0.0935. The monoisotopic (exact) mass is 310 g/mol. The molecular formula is C14H15FN2O3S. The smallest absolute Gasteiger partial charge is 0.268 e. The summed E-state index contributed by atoms with van der Waals surface area (Å²) in [6, 6.07) is 6.67. The van der Waals surface area contributed by atoms with E-state index in [-0.39, 0.29) is 10.8 Å². The second-order valence-electron chi connectivity index (χ2n) is 4.74. The fraction of sp³-hybridized carbons (Fsp3) is 0.214. The second-order valence-corrected chi connectivity index (χ2v) is 6.73. The Hall–Kier alpha value is -2.15. The van der Waals surface area contributed by atoms with Crippen LogP contribution in [0.1, 0.15) is 29.0 Å². The van der Waals surface area contributed by atoms with Gasteiger partial charge in [-0.25, -0.2) is 12.8 Å². The number of nitrogens with one attached hydrogen (secondary N) is 2. The van der Waals surface area contributed by atoms with Crippen molar-refractivity contribution in [2.75, 3.05) is 6.26 Å². The maximum atomic E-state index is 13.8. The maximum absolute atomic E-state index is 13.8. The molecule has 1 aromatic carbocycles. The fourth-order valence-electron chi connectivity index (χ4n) is 1.92. The van der Waals surface area contributed by atoms with Crippen LogP contribution >= 0.6 is 0 Å². The van der Waals surface area contributed by atoms with Crippen molar-refractivity contribution < 1.29 is 17.6 Å². The van der Waals surface area contributed by atoms with E-state index < -0.39 is 21.7 Å². The molecule has 1 atom stereocenters. The lowest BCUT2D eigenvalue weighted by Crippen LogP contribution is -2.27. The molecule has 0 spiro atoms. The molecule has 2 rings (SSSR count). The minimum absolute atomic E-state index is 0.319. The van der Waals surface area contributed by atoms with Gasteiger partial charge in [0.15, 0.2) is 9.84 Å². The zero-order valence-corrected chi connectivity index (χ0v) is 12.4. The van der Waals surface area contributed by atoms with Crippen molar-refractivity contribution in [3.63, 3.8) is 0 Å². The van der Waals surface area contributed by atoms with Gasteiger partial charge in [-0.1, -0.05) is 6.07 Å². The average molecular weight is 310 g/mol. The molecule has 0 radical (unpaired) electrons. The van der Waals surface area contributed by atoms with E-state index in [4.69, 9.17) is 0 Å². The van der Waals surface area contributed by atoms with Gasteiger partial charge in [0.25, 0.3) is 5.91 Å². The molecule has 1 amide bonds. The van der Waals surface area contributed by atoms with E-state index in [1.807, 2.05) is 0 Å². The largest absolute Gasteiger partial charge is 0.357 e. The minimum Gasteiger partial charge on any atom is -0.357 e. The van der Waals surface area contributed by atoms with Crippen LogP contribution in [0.15, 0.2) is 41.4 Å². The van der Waals surface area contributed by atoms with Crippen molar-refractivity contribution in [2.24, 2.45) is 0 Å². The Morgan fingerprint density at radius 3 is 2.57 bits per heavy atom. The van der Waals surface area contributed by atoms with Crippen LogP contribution in [-0.4, -0.2) is 25.6 Å². The number of halogens is 1. The molecule has 0 fully saturated rings. The summed E-state index contributed by atoms with van der Waals surface area (Å²) in [5.74, 6) is -1.14. The van der Waals surface area contributed by atoms with Crippen LogP contribution < -0.4 is 5.32 Å². The van der Waals surface area contributed by atoms with Gasteiger partial charge >= 0.3 is 0 Å². The van der Waals surface area contributed by atoms with Gasteiger partial charge in [0.1, 0.15) is 16.4 Å². The third kappa shape index (κ3) is 3.49. The summed E-state index contributed by atoms with van der Waals surface area (Å²) in [5, 5.41) is 2.70. The first kappa shape index (κ1) is 15.2. The highest BCUT2D eigenvalue weighted by atomic mass is 32.2. The molecule has 2 aromatic rings. The van der Waals surface area contributed by atoms with Gasteiger partial charge in [-0.3, -0.25) is 4.79 Å². The van der Waals surface area contributed by atoms with Gasteiger partial charge in [0.2, 0.25) is 0 Å². The molecular weight excluding hydrogens is 295 g/mol. The van der Waals surface area contributed by atoms with E-state index in [2.05, 4.69) is 10.3 Å². The van der Waals surface area contributed by atoms with Crippen molar-refractivity contribution in [2.45, 2.75) is 17.9 Å². The number of hydrogen-bond acceptors (Lipinski definition) is 3. The summed E-state index contributed by atoms with van der Waals surface area (Å²) in [4.78, 5) is 14.3. The summed E-state index contributed by atoms with van der Waals surface area (Å²) < 4.78 is 36.5. The van der Waals surface area contributed by atoms with E-state index in [9.17, 15) is 17.6 Å². The Morgan fingerprint density at radius 2 is 2.05 bits per heavy atom. The minimum atomic E-state index is -3.60. The third-order valence-corrected chi connectivity index (χ3v) is 4.18. The number of benzene rings is 1. The molecule has 0 aliphatic carbocycles. The Bertz CT molecular complexity index is 755. The molecule has 0 saturated heterocycles. The molecule has 0 saturated carbocycles. The molecule has 21 heavy (non-hydrogen) atoms. The third-order valence-electron chi connectivity index (χ3n) is 3.05. The van der Waals surface area contributed by atoms with E-state index in [0.717, 1.165) is 12.3 Å². The topological polar surface area (TPSA) is 79.0 Å². The molecule has 0 bridgehead atoms. The zero-order chi connectivity index (χ0) is 15.6. The van der Waals surface area contributed by atoms with E-state index in [1.54, 1.807) is 25.3 Å². The molecule has 1 heterocycles. The van der Waals surface area contributed by atoms with Crippen molar-refractivity contribution in [1.82, 2.24) is 10.3 Å². The van der Waals surface area contributed by atoms with Gasteiger partial charge in [0, 0.05) is 12.5 Å². The number of H-pyrrole nitrogens is 1. The quantitative estimate of drug-likeness (QED) is 0.907. The number of carbonyl (C=O) groups excluding carboxylic acids is 1. The van der Waals surface area contributed by atoms with Crippen LogP contribution in [-0.2, 0) is 9.84 Å². The van der Waals surface area contributed by atoms with Crippen LogP contribution in [0.25, 0.3) is 0 Å². The number of carbonyl (C=O) groups is 1. The standard InChI is InChI=1S/C14H15FN2O3S/c1-9(17-14(18)12-4-3-7-16-12)10-5-6-13(11(15)8-10)21(2,19)20/h3-9,16H,1-2H3,(H,17,18)/t9-/m0/s1. The highest BCUT2D eigenvalue weighted by Crippen LogP contribution is 2.20. The molecule has 5 nitrogen and oxygen atoms in total. The first-order valence-corrected chi connectivity index (χ1v) is 8.12. The van der Waals surface area contributed by atoms with Crippen molar-refractivity contribution >= 4 is 15.7 Å². The Labute approximate surface area is 122 Å². The highest BCUT2D eigenvalue weighted by Gasteiger charge is 2.17. The van der Waals surface area contributed by atoms with Gasteiger partial charge in [0.05, 0.1) is 6.04 Å². The van der Waals surface area contributed by atoms with Crippen LogP contribution in [0, 0.1) is 5.82 Å². The van der Waals surface area contributed by atoms with E-state index >= 15 is 0 Å². The first-order chi connectivity index (χ1) is 9.79. The van der Waals surface area contributed by atoms with Gasteiger partial charge < -0.3 is 10.3 Å². The number of aromatic amines is 1. The van der Waals surface area contributed by atoms with Crippen LogP contribution in [0.5, 0.6) is 0 Å². The van der Waals surface area contributed by atoms with Gasteiger partial charge in [-0.05, 0) is 36.8 Å². The Morgan fingerprint density at radius 1 is 1.33 bits per heavy atom. The summed E-state index contributed by atoms with van der Waals surface area (Å²) in [6.07, 6.45) is 2.57. The van der Waals surface area contributed by atoms with Crippen LogP contribution in [0.2, 0.25) is 0 Å². The predicted octanol–water partition coefficient (Wildman–Crippen LogP) is 2.05. The van der Waals surface area contributed by atoms with E-state index in [0.29, 0.717) is 11.3 Å². The molecule has 112 valence electrons. The molecule has 1 aromatic heterocycles. The average Bonchev–Trinajstić information content (AvgIpc) is 2.90. The predicted molar refractivity (Wildman–Crippen MR) is 76.2 cm³/mol. The molecule has 0 aliphatic heterocycles. The summed E-state index contributed by atoms with van der Waals surface area (Å²) in [5.41, 5.74) is 0.884. The second kappa shape index (κ2) is 5.69.